The number of rotatable bonds is 2. The van der Waals surface area contributed by atoms with Gasteiger partial charge in [-0.05, 0) is 6.92 Å². The largest absolute Gasteiger partial charge is 0.361 e. The lowest BCUT2D eigenvalue weighted by atomic mass is 10.2. The van der Waals surface area contributed by atoms with Crippen LogP contribution in [0.1, 0.15) is 18.4 Å². The molecule has 1 aliphatic heterocycles. The van der Waals surface area contributed by atoms with Gasteiger partial charge >= 0.3 is 0 Å². The molecule has 2 heterocycles. The van der Waals surface area contributed by atoms with Crippen molar-refractivity contribution in [2.75, 3.05) is 26.2 Å². The molecule has 98 valence electrons. The number of nitrogens with zero attached hydrogens (tertiary/aromatic N) is 3. The van der Waals surface area contributed by atoms with E-state index in [-0.39, 0.29) is 18.2 Å². The maximum Gasteiger partial charge on any atom is 0.228 e. The Balaban J connectivity index is 1.86. The van der Waals surface area contributed by atoms with Crippen molar-refractivity contribution >= 4 is 11.8 Å². The molecule has 0 spiro atoms. The first-order valence-electron chi connectivity index (χ1n) is 6.02. The van der Waals surface area contributed by atoms with Crippen LogP contribution < -0.4 is 0 Å². The Morgan fingerprint density at radius 1 is 1.28 bits per heavy atom. The zero-order chi connectivity index (χ0) is 13.1. The SMILES string of the molecule is CC(=O)N1CCN(C(=O)Cc2cc(C)on2)CC1. The van der Waals surface area contributed by atoms with E-state index in [1.165, 1.54) is 0 Å². The first-order chi connectivity index (χ1) is 8.56. The maximum absolute atomic E-state index is 12.0. The summed E-state index contributed by atoms with van der Waals surface area (Å²) in [4.78, 5) is 26.7. The van der Waals surface area contributed by atoms with Gasteiger partial charge in [-0.2, -0.15) is 0 Å². The van der Waals surface area contributed by atoms with Gasteiger partial charge in [-0.15, -0.1) is 0 Å². The van der Waals surface area contributed by atoms with Crippen LogP contribution in [0.4, 0.5) is 0 Å². The summed E-state index contributed by atoms with van der Waals surface area (Å²) >= 11 is 0. The molecule has 0 radical (unpaired) electrons. The van der Waals surface area contributed by atoms with Crippen molar-refractivity contribution < 1.29 is 14.1 Å². The Kier molecular flexibility index (Phi) is 3.64. The van der Waals surface area contributed by atoms with E-state index in [1.807, 2.05) is 0 Å². The Bertz CT molecular complexity index is 447. The number of carbonyl (C=O) groups is 2. The number of aryl methyl sites for hydroxylation is 1. The molecule has 6 heteroatoms. The highest BCUT2D eigenvalue weighted by Crippen LogP contribution is 2.07. The summed E-state index contributed by atoms with van der Waals surface area (Å²) < 4.78 is 4.93. The molecule has 0 unspecified atom stereocenters. The average Bonchev–Trinajstić information content (AvgIpc) is 2.75. The van der Waals surface area contributed by atoms with Crippen LogP contribution in [0, 0.1) is 6.92 Å². The van der Waals surface area contributed by atoms with Crippen LogP contribution in [-0.4, -0.2) is 52.9 Å². The summed E-state index contributed by atoms with van der Waals surface area (Å²) in [6.07, 6.45) is 0.261. The lowest BCUT2D eigenvalue weighted by Gasteiger charge is -2.34. The van der Waals surface area contributed by atoms with Crippen molar-refractivity contribution in [2.24, 2.45) is 0 Å². The molecule has 2 rings (SSSR count). The molecule has 0 saturated carbocycles. The number of piperazine rings is 1. The number of hydrogen-bond acceptors (Lipinski definition) is 4. The van der Waals surface area contributed by atoms with Gasteiger partial charge in [0.05, 0.1) is 12.1 Å². The van der Waals surface area contributed by atoms with E-state index in [0.717, 1.165) is 0 Å². The smallest absolute Gasteiger partial charge is 0.228 e. The second kappa shape index (κ2) is 5.20. The molecular weight excluding hydrogens is 234 g/mol. The van der Waals surface area contributed by atoms with Crippen molar-refractivity contribution in [3.05, 3.63) is 17.5 Å². The van der Waals surface area contributed by atoms with E-state index >= 15 is 0 Å². The van der Waals surface area contributed by atoms with Crippen LogP contribution in [0.3, 0.4) is 0 Å². The standard InChI is InChI=1S/C12H17N3O3/c1-9-7-11(13-18-9)8-12(17)15-5-3-14(4-6-15)10(2)16/h7H,3-6,8H2,1-2H3. The molecule has 1 aliphatic rings. The van der Waals surface area contributed by atoms with Crippen LogP contribution in [0.2, 0.25) is 0 Å². The number of hydrogen-bond donors (Lipinski definition) is 0. The molecule has 1 saturated heterocycles. The van der Waals surface area contributed by atoms with Crippen molar-refractivity contribution in [2.45, 2.75) is 20.3 Å². The minimum absolute atomic E-state index is 0.0338. The van der Waals surface area contributed by atoms with Gasteiger partial charge < -0.3 is 14.3 Å². The number of aromatic nitrogens is 1. The van der Waals surface area contributed by atoms with Gasteiger partial charge in [0.2, 0.25) is 11.8 Å². The molecular formula is C12H17N3O3. The molecule has 1 fully saturated rings. The third-order valence-electron chi connectivity index (χ3n) is 3.09. The van der Waals surface area contributed by atoms with Crippen molar-refractivity contribution in [1.29, 1.82) is 0 Å². The fourth-order valence-electron chi connectivity index (χ4n) is 2.04. The minimum Gasteiger partial charge on any atom is -0.361 e. The highest BCUT2D eigenvalue weighted by Gasteiger charge is 2.22. The van der Waals surface area contributed by atoms with Gasteiger partial charge in [0.25, 0.3) is 0 Å². The average molecular weight is 251 g/mol. The zero-order valence-corrected chi connectivity index (χ0v) is 10.7. The van der Waals surface area contributed by atoms with E-state index < -0.39 is 0 Å². The molecule has 2 amide bonds. The molecule has 0 aliphatic carbocycles. The van der Waals surface area contributed by atoms with Crippen LogP contribution in [0.5, 0.6) is 0 Å². The van der Waals surface area contributed by atoms with Gasteiger partial charge in [0, 0.05) is 39.2 Å². The lowest BCUT2D eigenvalue weighted by Crippen LogP contribution is -2.50. The molecule has 0 N–H and O–H groups in total. The summed E-state index contributed by atoms with van der Waals surface area (Å²) in [5.74, 6) is 0.805. The fourth-order valence-corrected chi connectivity index (χ4v) is 2.04. The predicted octanol–water partition coefficient (Wildman–Crippen LogP) is 0.216. The Labute approximate surface area is 106 Å². The van der Waals surface area contributed by atoms with Crippen molar-refractivity contribution in [3.8, 4) is 0 Å². The van der Waals surface area contributed by atoms with E-state index in [1.54, 1.807) is 29.7 Å². The first-order valence-corrected chi connectivity index (χ1v) is 6.02. The van der Waals surface area contributed by atoms with Crippen LogP contribution in [-0.2, 0) is 16.0 Å². The molecule has 1 aromatic rings. The van der Waals surface area contributed by atoms with Gasteiger partial charge in [-0.25, -0.2) is 0 Å². The van der Waals surface area contributed by atoms with Crippen LogP contribution >= 0.6 is 0 Å². The van der Waals surface area contributed by atoms with Crippen LogP contribution in [0.25, 0.3) is 0 Å². The van der Waals surface area contributed by atoms with E-state index in [4.69, 9.17) is 4.52 Å². The summed E-state index contributed by atoms with van der Waals surface area (Å²) in [7, 11) is 0. The zero-order valence-electron chi connectivity index (χ0n) is 10.7. The number of carbonyl (C=O) groups excluding carboxylic acids is 2. The fraction of sp³-hybridized carbons (Fsp3) is 0.583. The summed E-state index contributed by atoms with van der Waals surface area (Å²) in [6, 6.07) is 1.77. The van der Waals surface area contributed by atoms with Gasteiger partial charge in [0.1, 0.15) is 5.76 Å². The second-order valence-corrected chi connectivity index (χ2v) is 4.49. The Morgan fingerprint density at radius 3 is 2.39 bits per heavy atom. The van der Waals surface area contributed by atoms with Crippen molar-refractivity contribution in [3.63, 3.8) is 0 Å². The summed E-state index contributed by atoms with van der Waals surface area (Å²) in [5.41, 5.74) is 0.659. The molecule has 0 bridgehead atoms. The lowest BCUT2D eigenvalue weighted by molar-refractivity contribution is -0.138. The molecule has 18 heavy (non-hydrogen) atoms. The monoisotopic (exact) mass is 251 g/mol. The van der Waals surface area contributed by atoms with Crippen molar-refractivity contribution in [1.82, 2.24) is 15.0 Å². The number of amides is 2. The minimum atomic E-state index is 0.0338. The molecule has 1 aromatic heterocycles. The predicted molar refractivity (Wildman–Crippen MR) is 63.8 cm³/mol. The second-order valence-electron chi connectivity index (χ2n) is 4.49. The highest BCUT2D eigenvalue weighted by molar-refractivity contribution is 5.79. The Morgan fingerprint density at radius 2 is 1.89 bits per heavy atom. The normalized spacial score (nSPS) is 15.9. The van der Waals surface area contributed by atoms with Gasteiger partial charge in [-0.3, -0.25) is 9.59 Å². The van der Waals surface area contributed by atoms with E-state index in [2.05, 4.69) is 5.16 Å². The third-order valence-corrected chi connectivity index (χ3v) is 3.09. The molecule has 0 aromatic carbocycles. The highest BCUT2D eigenvalue weighted by atomic mass is 16.5. The topological polar surface area (TPSA) is 66.7 Å². The maximum atomic E-state index is 12.0. The van der Waals surface area contributed by atoms with E-state index in [0.29, 0.717) is 37.6 Å². The van der Waals surface area contributed by atoms with Crippen LogP contribution in [0.15, 0.2) is 10.6 Å². The summed E-state index contributed by atoms with van der Waals surface area (Å²) in [6.45, 7) is 5.75. The molecule has 0 atom stereocenters. The van der Waals surface area contributed by atoms with Gasteiger partial charge in [-0.1, -0.05) is 5.16 Å². The third kappa shape index (κ3) is 2.88. The molecule has 6 nitrogen and oxygen atoms in total. The van der Waals surface area contributed by atoms with Gasteiger partial charge in [0.15, 0.2) is 0 Å². The Hall–Kier alpha value is -1.85. The summed E-state index contributed by atoms with van der Waals surface area (Å²) in [5, 5.41) is 3.81. The quantitative estimate of drug-likeness (QED) is 0.754. The van der Waals surface area contributed by atoms with E-state index in [9.17, 15) is 9.59 Å². The first kappa shape index (κ1) is 12.6.